The number of nitrogens with zero attached hydrogens (tertiary/aromatic N) is 3. The van der Waals surface area contributed by atoms with E-state index in [1.807, 2.05) is 35.2 Å². The van der Waals surface area contributed by atoms with Gasteiger partial charge in [-0.3, -0.25) is 14.6 Å². The summed E-state index contributed by atoms with van der Waals surface area (Å²) in [6.45, 7) is 5.07. The normalized spacial score (nSPS) is 28.8. The molecule has 1 amide bonds. The number of β-amino-alcohol motifs (C(OH)–C–C–N with tert-alkyl or cyclic N) is 1. The summed E-state index contributed by atoms with van der Waals surface area (Å²) in [7, 11) is 0. The monoisotopic (exact) mass is 345 g/mol. The first-order valence-corrected chi connectivity index (χ1v) is 9.24. The fourth-order valence-electron chi connectivity index (χ4n) is 4.85. The highest BCUT2D eigenvalue weighted by Gasteiger charge is 2.56. The minimum absolute atomic E-state index is 0.0414. The van der Waals surface area contributed by atoms with E-state index < -0.39 is 0 Å². The Hall–Kier alpha value is -1.47. The van der Waals surface area contributed by atoms with E-state index in [9.17, 15) is 9.90 Å². The molecule has 1 aromatic carbocycles. The van der Waals surface area contributed by atoms with Crippen LogP contribution in [0.1, 0.15) is 23.2 Å². The molecule has 3 fully saturated rings. The Balaban J connectivity index is 1.51. The maximum Gasteiger partial charge on any atom is 0.253 e. The highest BCUT2D eigenvalue weighted by Crippen LogP contribution is 2.39. The molecule has 0 radical (unpaired) electrons. The van der Waals surface area contributed by atoms with Crippen molar-refractivity contribution < 1.29 is 15.0 Å². The number of aliphatic hydroxyl groups excluding tert-OH is 2. The molecule has 6 nitrogen and oxygen atoms in total. The van der Waals surface area contributed by atoms with Gasteiger partial charge in [0.15, 0.2) is 0 Å². The SMILES string of the molecule is O=C(c1ccccc1)N1C[C@@H]2C[C@@H](O)CN2C2(CN(CCCO)C2)C1. The number of hydrogen-bond acceptors (Lipinski definition) is 5. The van der Waals surface area contributed by atoms with Crippen molar-refractivity contribution in [1.82, 2.24) is 14.7 Å². The van der Waals surface area contributed by atoms with Crippen LogP contribution in [0.3, 0.4) is 0 Å². The number of rotatable bonds is 4. The van der Waals surface area contributed by atoms with Gasteiger partial charge >= 0.3 is 0 Å². The van der Waals surface area contributed by atoms with E-state index in [0.29, 0.717) is 13.1 Å². The first kappa shape index (κ1) is 17.0. The maximum absolute atomic E-state index is 12.9. The smallest absolute Gasteiger partial charge is 0.253 e. The highest BCUT2D eigenvalue weighted by molar-refractivity contribution is 5.94. The summed E-state index contributed by atoms with van der Waals surface area (Å²) >= 11 is 0. The van der Waals surface area contributed by atoms with Crippen molar-refractivity contribution in [2.24, 2.45) is 0 Å². The molecule has 1 spiro atoms. The largest absolute Gasteiger partial charge is 0.396 e. The van der Waals surface area contributed by atoms with Gasteiger partial charge < -0.3 is 15.1 Å². The lowest BCUT2D eigenvalue weighted by atomic mass is 9.83. The van der Waals surface area contributed by atoms with Gasteiger partial charge in [0.2, 0.25) is 0 Å². The summed E-state index contributed by atoms with van der Waals surface area (Å²) in [6.07, 6.45) is 1.24. The van der Waals surface area contributed by atoms with Gasteiger partial charge in [0.05, 0.1) is 11.6 Å². The lowest BCUT2D eigenvalue weighted by Gasteiger charge is -2.61. The molecule has 2 N–H and O–H groups in total. The molecule has 1 aromatic rings. The molecular formula is C19H27N3O3. The average molecular weight is 345 g/mol. The van der Waals surface area contributed by atoms with E-state index in [-0.39, 0.29) is 30.2 Å². The van der Waals surface area contributed by atoms with E-state index in [4.69, 9.17) is 5.11 Å². The van der Waals surface area contributed by atoms with Gasteiger partial charge in [-0.1, -0.05) is 18.2 Å². The second kappa shape index (κ2) is 6.68. The molecule has 6 heteroatoms. The molecular weight excluding hydrogens is 318 g/mol. The summed E-state index contributed by atoms with van der Waals surface area (Å²) in [5.74, 6) is 0.0924. The summed E-state index contributed by atoms with van der Waals surface area (Å²) in [6, 6.07) is 9.72. The predicted octanol–water partition coefficient (Wildman–Crippen LogP) is 0.0144. The summed E-state index contributed by atoms with van der Waals surface area (Å²) < 4.78 is 0. The summed E-state index contributed by atoms with van der Waals surface area (Å²) in [5, 5.41) is 19.2. The van der Waals surface area contributed by atoms with Crippen LogP contribution in [0.25, 0.3) is 0 Å². The van der Waals surface area contributed by atoms with Crippen molar-refractivity contribution in [1.29, 1.82) is 0 Å². The number of piperazine rings is 1. The van der Waals surface area contributed by atoms with Crippen LogP contribution in [0.2, 0.25) is 0 Å². The highest BCUT2D eigenvalue weighted by atomic mass is 16.3. The molecule has 0 bridgehead atoms. The Morgan fingerprint density at radius 1 is 1.16 bits per heavy atom. The molecule has 3 heterocycles. The molecule has 3 aliphatic rings. The Kier molecular flexibility index (Phi) is 4.54. The number of carbonyl (C=O) groups is 1. The first-order chi connectivity index (χ1) is 12.1. The number of fused-ring (bicyclic) bond motifs is 2. The zero-order chi connectivity index (χ0) is 17.4. The Morgan fingerprint density at radius 2 is 1.92 bits per heavy atom. The second-order valence-electron chi connectivity index (χ2n) is 7.76. The number of benzene rings is 1. The third-order valence-electron chi connectivity index (χ3n) is 5.89. The van der Waals surface area contributed by atoms with Crippen molar-refractivity contribution in [2.75, 3.05) is 45.9 Å². The zero-order valence-corrected chi connectivity index (χ0v) is 14.5. The molecule has 3 aliphatic heterocycles. The first-order valence-electron chi connectivity index (χ1n) is 9.24. The van der Waals surface area contributed by atoms with Gasteiger partial charge in [0, 0.05) is 57.5 Å². The second-order valence-corrected chi connectivity index (χ2v) is 7.76. The Labute approximate surface area is 148 Å². The van der Waals surface area contributed by atoms with E-state index in [0.717, 1.165) is 44.6 Å². The van der Waals surface area contributed by atoms with Gasteiger partial charge in [-0.15, -0.1) is 0 Å². The van der Waals surface area contributed by atoms with Crippen LogP contribution in [0.15, 0.2) is 30.3 Å². The lowest BCUT2D eigenvalue weighted by molar-refractivity contribution is -0.106. The van der Waals surface area contributed by atoms with Crippen LogP contribution in [0, 0.1) is 0 Å². The third kappa shape index (κ3) is 3.08. The van der Waals surface area contributed by atoms with Crippen molar-refractivity contribution in [3.63, 3.8) is 0 Å². The van der Waals surface area contributed by atoms with E-state index in [1.165, 1.54) is 0 Å². The van der Waals surface area contributed by atoms with Crippen LogP contribution < -0.4 is 0 Å². The van der Waals surface area contributed by atoms with E-state index in [1.54, 1.807) is 0 Å². The predicted molar refractivity (Wildman–Crippen MR) is 94.3 cm³/mol. The minimum Gasteiger partial charge on any atom is -0.396 e. The van der Waals surface area contributed by atoms with E-state index >= 15 is 0 Å². The molecule has 0 unspecified atom stereocenters. The van der Waals surface area contributed by atoms with E-state index in [2.05, 4.69) is 9.80 Å². The van der Waals surface area contributed by atoms with Gasteiger partial charge in [0.1, 0.15) is 0 Å². The number of hydrogen-bond donors (Lipinski definition) is 2. The van der Waals surface area contributed by atoms with Crippen molar-refractivity contribution in [3.05, 3.63) is 35.9 Å². The Bertz CT molecular complexity index is 618. The number of likely N-dealkylation sites (tertiary alicyclic amines) is 1. The van der Waals surface area contributed by atoms with Crippen LogP contribution in [-0.2, 0) is 0 Å². The molecule has 0 saturated carbocycles. The summed E-state index contributed by atoms with van der Waals surface area (Å²) in [4.78, 5) is 19.7. The van der Waals surface area contributed by atoms with Gasteiger partial charge in [0.25, 0.3) is 5.91 Å². The number of carbonyl (C=O) groups excluding carboxylic acids is 1. The van der Waals surface area contributed by atoms with Crippen molar-refractivity contribution in [3.8, 4) is 0 Å². The standard InChI is InChI=1S/C19H27N3O3/c23-8-4-7-20-12-19(13-20)14-21(10-16-9-17(24)11-22(16)19)18(25)15-5-2-1-3-6-15/h1-3,5-6,16-17,23-24H,4,7-14H2/t16-,17+/m0/s1. The lowest BCUT2D eigenvalue weighted by Crippen LogP contribution is -2.78. The molecule has 25 heavy (non-hydrogen) atoms. The maximum atomic E-state index is 12.9. The zero-order valence-electron chi connectivity index (χ0n) is 14.5. The van der Waals surface area contributed by atoms with Gasteiger partial charge in [-0.2, -0.15) is 0 Å². The fourth-order valence-corrected chi connectivity index (χ4v) is 4.85. The average Bonchev–Trinajstić information content (AvgIpc) is 2.98. The minimum atomic E-state index is -0.292. The van der Waals surface area contributed by atoms with Gasteiger partial charge in [-0.05, 0) is 25.0 Å². The third-order valence-corrected chi connectivity index (χ3v) is 5.89. The molecule has 4 rings (SSSR count). The van der Waals surface area contributed by atoms with Crippen LogP contribution in [-0.4, -0.2) is 94.4 Å². The molecule has 0 aliphatic carbocycles. The number of aliphatic hydroxyl groups is 2. The van der Waals surface area contributed by atoms with Crippen molar-refractivity contribution in [2.45, 2.75) is 30.5 Å². The van der Waals surface area contributed by atoms with Crippen LogP contribution in [0.4, 0.5) is 0 Å². The topological polar surface area (TPSA) is 67.3 Å². The number of amides is 1. The quantitative estimate of drug-likeness (QED) is 0.805. The van der Waals surface area contributed by atoms with Crippen LogP contribution in [0.5, 0.6) is 0 Å². The fraction of sp³-hybridized carbons (Fsp3) is 0.632. The van der Waals surface area contributed by atoms with Gasteiger partial charge in [-0.25, -0.2) is 0 Å². The van der Waals surface area contributed by atoms with Crippen LogP contribution >= 0.6 is 0 Å². The molecule has 2 atom stereocenters. The Morgan fingerprint density at radius 3 is 2.64 bits per heavy atom. The van der Waals surface area contributed by atoms with Crippen molar-refractivity contribution >= 4 is 5.91 Å². The summed E-state index contributed by atoms with van der Waals surface area (Å²) in [5.41, 5.74) is 0.696. The molecule has 3 saturated heterocycles. The molecule has 136 valence electrons. The molecule has 0 aromatic heterocycles.